The molecule has 7 heteroatoms. The number of amidine groups is 1. The summed E-state index contributed by atoms with van der Waals surface area (Å²) in [6.45, 7) is 1.92. The van der Waals surface area contributed by atoms with E-state index in [-0.39, 0.29) is 17.5 Å². The first kappa shape index (κ1) is 16.2. The van der Waals surface area contributed by atoms with Crippen molar-refractivity contribution in [3.63, 3.8) is 0 Å². The second kappa shape index (κ2) is 7.69. The lowest BCUT2D eigenvalue weighted by Gasteiger charge is -2.23. The SMILES string of the molecule is CCCC(NS(=O)(=O)CC1CCCCC1)C(N)=NO. The Kier molecular flexibility index (Phi) is 6.57. The molecule has 0 bridgehead atoms. The van der Waals surface area contributed by atoms with Crippen LogP contribution in [0.15, 0.2) is 5.16 Å². The lowest BCUT2D eigenvalue weighted by molar-refractivity contribution is 0.315. The molecule has 0 aromatic heterocycles. The Bertz CT molecular complexity index is 389. The normalized spacial score (nSPS) is 20.4. The Morgan fingerprint density at radius 2 is 2.05 bits per heavy atom. The average molecular weight is 291 g/mol. The molecule has 0 saturated heterocycles. The van der Waals surface area contributed by atoms with Crippen LogP contribution in [0.3, 0.4) is 0 Å². The Balaban J connectivity index is 2.59. The van der Waals surface area contributed by atoms with E-state index in [0.717, 1.165) is 32.1 Å². The largest absolute Gasteiger partial charge is 0.409 e. The second-order valence-corrected chi connectivity index (χ2v) is 7.07. The second-order valence-electron chi connectivity index (χ2n) is 5.27. The standard InChI is InChI=1S/C12H25N3O3S/c1-2-6-11(12(13)14-16)15-19(17,18)9-10-7-4-3-5-8-10/h10-11,15-16H,2-9H2,1H3,(H2,13,14). The predicted octanol–water partition coefficient (Wildman–Crippen LogP) is 1.40. The molecular weight excluding hydrogens is 266 g/mol. The van der Waals surface area contributed by atoms with Crippen LogP contribution in [0.1, 0.15) is 51.9 Å². The highest BCUT2D eigenvalue weighted by Crippen LogP contribution is 2.24. The zero-order valence-corrected chi connectivity index (χ0v) is 12.3. The van der Waals surface area contributed by atoms with Crippen molar-refractivity contribution >= 4 is 15.9 Å². The van der Waals surface area contributed by atoms with Gasteiger partial charge in [0.25, 0.3) is 0 Å². The van der Waals surface area contributed by atoms with Crippen LogP contribution >= 0.6 is 0 Å². The molecule has 0 amide bonds. The molecule has 0 aromatic carbocycles. The van der Waals surface area contributed by atoms with Crippen molar-refractivity contribution in [1.82, 2.24) is 4.72 Å². The average Bonchev–Trinajstić information content (AvgIpc) is 2.37. The minimum absolute atomic E-state index is 0.0749. The van der Waals surface area contributed by atoms with E-state index in [9.17, 15) is 8.42 Å². The molecule has 112 valence electrons. The molecule has 1 saturated carbocycles. The fraction of sp³-hybridized carbons (Fsp3) is 0.917. The van der Waals surface area contributed by atoms with Crippen molar-refractivity contribution in [3.8, 4) is 0 Å². The molecule has 1 atom stereocenters. The van der Waals surface area contributed by atoms with Gasteiger partial charge in [-0.25, -0.2) is 13.1 Å². The maximum absolute atomic E-state index is 12.1. The lowest BCUT2D eigenvalue weighted by atomic mass is 9.91. The van der Waals surface area contributed by atoms with Gasteiger partial charge in [0.1, 0.15) is 0 Å². The lowest BCUT2D eigenvalue weighted by Crippen LogP contribution is -2.46. The number of sulfonamides is 1. The van der Waals surface area contributed by atoms with Gasteiger partial charge >= 0.3 is 0 Å². The quantitative estimate of drug-likeness (QED) is 0.285. The van der Waals surface area contributed by atoms with E-state index in [1.807, 2.05) is 6.92 Å². The topological polar surface area (TPSA) is 105 Å². The van der Waals surface area contributed by atoms with Gasteiger partial charge < -0.3 is 10.9 Å². The number of hydrogen-bond acceptors (Lipinski definition) is 4. The number of hydrogen-bond donors (Lipinski definition) is 3. The third-order valence-corrected chi connectivity index (χ3v) is 5.11. The zero-order chi connectivity index (χ0) is 14.3. The molecule has 0 spiro atoms. The summed E-state index contributed by atoms with van der Waals surface area (Å²) in [7, 11) is -3.38. The van der Waals surface area contributed by atoms with Crippen molar-refractivity contribution in [2.75, 3.05) is 5.75 Å². The van der Waals surface area contributed by atoms with Crippen molar-refractivity contribution in [1.29, 1.82) is 0 Å². The van der Waals surface area contributed by atoms with Crippen LogP contribution in [0.4, 0.5) is 0 Å². The van der Waals surface area contributed by atoms with Gasteiger partial charge in [0.05, 0.1) is 11.8 Å². The number of nitrogens with one attached hydrogen (secondary N) is 1. The molecule has 0 aromatic rings. The molecule has 4 N–H and O–H groups in total. The van der Waals surface area contributed by atoms with Gasteiger partial charge in [0, 0.05) is 0 Å². The first-order valence-electron chi connectivity index (χ1n) is 6.96. The smallest absolute Gasteiger partial charge is 0.212 e. The fourth-order valence-corrected chi connectivity index (χ4v) is 4.28. The van der Waals surface area contributed by atoms with E-state index >= 15 is 0 Å². The van der Waals surface area contributed by atoms with Gasteiger partial charge in [-0.3, -0.25) is 0 Å². The van der Waals surface area contributed by atoms with E-state index in [1.165, 1.54) is 6.42 Å². The van der Waals surface area contributed by atoms with E-state index in [1.54, 1.807) is 0 Å². The first-order chi connectivity index (χ1) is 8.98. The van der Waals surface area contributed by atoms with E-state index < -0.39 is 16.1 Å². The van der Waals surface area contributed by atoms with Crippen LogP contribution in [0.25, 0.3) is 0 Å². The highest BCUT2D eigenvalue weighted by atomic mass is 32.2. The molecule has 1 aliphatic rings. The number of rotatable bonds is 7. The van der Waals surface area contributed by atoms with Crippen LogP contribution < -0.4 is 10.5 Å². The van der Waals surface area contributed by atoms with Crippen LogP contribution in [0.5, 0.6) is 0 Å². The third-order valence-electron chi connectivity index (χ3n) is 3.55. The fourth-order valence-electron chi connectivity index (χ4n) is 2.55. The van der Waals surface area contributed by atoms with Crippen molar-refractivity contribution in [2.24, 2.45) is 16.8 Å². The summed E-state index contributed by atoms with van der Waals surface area (Å²) in [6, 6.07) is -0.608. The van der Waals surface area contributed by atoms with E-state index in [2.05, 4.69) is 9.88 Å². The minimum atomic E-state index is -3.38. The number of oxime groups is 1. The van der Waals surface area contributed by atoms with E-state index in [0.29, 0.717) is 6.42 Å². The van der Waals surface area contributed by atoms with Gasteiger partial charge in [-0.05, 0) is 25.2 Å². The summed E-state index contributed by atoms with van der Waals surface area (Å²) >= 11 is 0. The van der Waals surface area contributed by atoms with Gasteiger partial charge in [0.2, 0.25) is 10.0 Å². The van der Waals surface area contributed by atoms with Gasteiger partial charge in [0.15, 0.2) is 5.84 Å². The highest BCUT2D eigenvalue weighted by Gasteiger charge is 2.25. The van der Waals surface area contributed by atoms with Crippen LogP contribution in [0, 0.1) is 5.92 Å². The Hall–Kier alpha value is -0.820. The molecule has 0 heterocycles. The van der Waals surface area contributed by atoms with Gasteiger partial charge in [-0.2, -0.15) is 0 Å². The minimum Gasteiger partial charge on any atom is -0.409 e. The molecular formula is C12H25N3O3S. The van der Waals surface area contributed by atoms with Gasteiger partial charge in [-0.1, -0.05) is 37.8 Å². The summed E-state index contributed by atoms with van der Waals surface area (Å²) in [6.07, 6.45) is 6.66. The molecule has 6 nitrogen and oxygen atoms in total. The highest BCUT2D eigenvalue weighted by molar-refractivity contribution is 7.89. The summed E-state index contributed by atoms with van der Waals surface area (Å²) in [5, 5.41) is 11.6. The molecule has 1 fully saturated rings. The van der Waals surface area contributed by atoms with Crippen molar-refractivity contribution in [2.45, 2.75) is 57.9 Å². The van der Waals surface area contributed by atoms with Crippen LogP contribution in [-0.4, -0.2) is 31.3 Å². The van der Waals surface area contributed by atoms with Crippen LogP contribution in [0.2, 0.25) is 0 Å². The van der Waals surface area contributed by atoms with Gasteiger partial charge in [-0.15, -0.1) is 0 Å². The summed E-state index contributed by atoms with van der Waals surface area (Å²) in [5.74, 6) is 0.307. The maximum Gasteiger partial charge on any atom is 0.212 e. The summed E-state index contributed by atoms with van der Waals surface area (Å²) < 4.78 is 26.8. The zero-order valence-electron chi connectivity index (χ0n) is 11.5. The molecule has 1 aliphatic carbocycles. The molecule has 0 aliphatic heterocycles. The first-order valence-corrected chi connectivity index (χ1v) is 8.61. The molecule has 1 unspecified atom stereocenters. The number of nitrogens with zero attached hydrogens (tertiary/aromatic N) is 1. The molecule has 1 rings (SSSR count). The van der Waals surface area contributed by atoms with Crippen molar-refractivity contribution < 1.29 is 13.6 Å². The Morgan fingerprint density at radius 1 is 1.42 bits per heavy atom. The molecule has 0 radical (unpaired) electrons. The van der Waals surface area contributed by atoms with Crippen LogP contribution in [-0.2, 0) is 10.0 Å². The Morgan fingerprint density at radius 3 is 2.58 bits per heavy atom. The molecule has 19 heavy (non-hydrogen) atoms. The number of nitrogens with two attached hydrogens (primary N) is 1. The predicted molar refractivity (Wildman–Crippen MR) is 75.6 cm³/mol. The Labute approximate surface area is 115 Å². The third kappa shape index (κ3) is 5.78. The maximum atomic E-state index is 12.1. The van der Waals surface area contributed by atoms with E-state index in [4.69, 9.17) is 10.9 Å². The summed E-state index contributed by atoms with van der Waals surface area (Å²) in [5.41, 5.74) is 5.52. The summed E-state index contributed by atoms with van der Waals surface area (Å²) in [4.78, 5) is 0. The monoisotopic (exact) mass is 291 g/mol. The van der Waals surface area contributed by atoms with Crippen molar-refractivity contribution in [3.05, 3.63) is 0 Å².